The summed E-state index contributed by atoms with van der Waals surface area (Å²) < 4.78 is 29.1. The van der Waals surface area contributed by atoms with E-state index in [9.17, 15) is 18.3 Å². The summed E-state index contributed by atoms with van der Waals surface area (Å²) >= 11 is 0. The van der Waals surface area contributed by atoms with Crippen molar-refractivity contribution in [3.05, 3.63) is 102 Å². The minimum Gasteiger partial charge on any atom is -0.480 e. The van der Waals surface area contributed by atoms with Gasteiger partial charge in [0.05, 0.1) is 4.90 Å². The Kier molecular flexibility index (Phi) is 5.86. The molecule has 0 aliphatic carbocycles. The van der Waals surface area contributed by atoms with Gasteiger partial charge in [0, 0.05) is 29.9 Å². The molecule has 32 heavy (non-hydrogen) atoms. The zero-order valence-electron chi connectivity index (χ0n) is 17.6. The van der Waals surface area contributed by atoms with Gasteiger partial charge < -0.3 is 10.1 Å². The number of sulfonamides is 1. The molecule has 0 aliphatic heterocycles. The number of aromatic nitrogens is 1. The second kappa shape index (κ2) is 8.61. The third kappa shape index (κ3) is 4.44. The third-order valence-electron chi connectivity index (χ3n) is 5.59. The number of hydrogen-bond acceptors (Lipinski definition) is 3. The lowest BCUT2D eigenvalue weighted by atomic mass is 9.85. The van der Waals surface area contributed by atoms with Crippen molar-refractivity contribution in [3.63, 3.8) is 0 Å². The maximum absolute atomic E-state index is 13.3. The van der Waals surface area contributed by atoms with E-state index in [1.165, 1.54) is 12.1 Å². The Bertz CT molecular complexity index is 1350. The lowest BCUT2D eigenvalue weighted by molar-refractivity contribution is -0.144. The summed E-state index contributed by atoms with van der Waals surface area (Å²) in [6, 6.07) is 22.9. The number of aliphatic carboxylic acids is 1. The Morgan fingerprint density at radius 2 is 1.59 bits per heavy atom. The van der Waals surface area contributed by atoms with Crippen molar-refractivity contribution in [1.29, 1.82) is 0 Å². The van der Waals surface area contributed by atoms with Gasteiger partial charge in [0.15, 0.2) is 0 Å². The largest absolute Gasteiger partial charge is 0.480 e. The highest BCUT2D eigenvalue weighted by Gasteiger charge is 2.43. The van der Waals surface area contributed by atoms with Crippen LogP contribution in [0.1, 0.15) is 16.7 Å². The van der Waals surface area contributed by atoms with Crippen LogP contribution in [0.5, 0.6) is 0 Å². The maximum Gasteiger partial charge on any atom is 0.325 e. The molecule has 3 aromatic carbocycles. The number of rotatable bonds is 8. The molecule has 0 spiro atoms. The van der Waals surface area contributed by atoms with E-state index in [1.54, 1.807) is 30.5 Å². The molecule has 0 saturated heterocycles. The molecule has 0 bridgehead atoms. The van der Waals surface area contributed by atoms with Gasteiger partial charge in [-0.25, -0.2) is 8.42 Å². The van der Waals surface area contributed by atoms with Gasteiger partial charge in [0.1, 0.15) is 5.54 Å². The van der Waals surface area contributed by atoms with Crippen LogP contribution in [0.3, 0.4) is 0 Å². The van der Waals surface area contributed by atoms with Crippen LogP contribution in [0.15, 0.2) is 90.0 Å². The number of para-hydroxylation sites is 1. The zero-order chi connectivity index (χ0) is 22.8. The van der Waals surface area contributed by atoms with E-state index in [2.05, 4.69) is 9.71 Å². The summed E-state index contributed by atoms with van der Waals surface area (Å²) in [5.74, 6) is -1.23. The van der Waals surface area contributed by atoms with E-state index in [4.69, 9.17) is 0 Å². The second-order valence-corrected chi connectivity index (χ2v) is 9.69. The molecule has 1 unspecified atom stereocenters. The summed E-state index contributed by atoms with van der Waals surface area (Å²) in [6.07, 6.45) is 1.72. The first kappa shape index (κ1) is 21.8. The highest BCUT2D eigenvalue weighted by atomic mass is 32.2. The van der Waals surface area contributed by atoms with Crippen molar-refractivity contribution in [1.82, 2.24) is 9.71 Å². The van der Waals surface area contributed by atoms with E-state index in [0.717, 1.165) is 27.6 Å². The lowest BCUT2D eigenvalue weighted by Crippen LogP contribution is -2.57. The molecule has 0 radical (unpaired) electrons. The topological polar surface area (TPSA) is 99.3 Å². The van der Waals surface area contributed by atoms with Crippen LogP contribution in [0.4, 0.5) is 0 Å². The summed E-state index contributed by atoms with van der Waals surface area (Å²) in [5.41, 5.74) is 1.45. The molecule has 4 aromatic rings. The van der Waals surface area contributed by atoms with Crippen molar-refractivity contribution in [2.45, 2.75) is 30.2 Å². The van der Waals surface area contributed by atoms with E-state index < -0.39 is 21.5 Å². The molecule has 1 heterocycles. The predicted molar refractivity (Wildman–Crippen MR) is 124 cm³/mol. The van der Waals surface area contributed by atoms with Crippen molar-refractivity contribution >= 4 is 26.9 Å². The number of benzene rings is 3. The number of H-pyrrole nitrogens is 1. The van der Waals surface area contributed by atoms with Crippen molar-refractivity contribution in [3.8, 4) is 0 Å². The van der Waals surface area contributed by atoms with Crippen molar-refractivity contribution in [2.24, 2.45) is 0 Å². The monoisotopic (exact) mass is 448 g/mol. The summed E-state index contributed by atoms with van der Waals surface area (Å²) in [6.45, 7) is 1.86. The molecule has 0 aliphatic rings. The predicted octanol–water partition coefficient (Wildman–Crippen LogP) is 4.06. The first-order valence-electron chi connectivity index (χ1n) is 10.2. The molecule has 164 valence electrons. The number of nitrogens with one attached hydrogen (secondary N) is 2. The van der Waals surface area contributed by atoms with Gasteiger partial charge in [-0.2, -0.15) is 4.72 Å². The average Bonchev–Trinajstić information content (AvgIpc) is 3.17. The van der Waals surface area contributed by atoms with Gasteiger partial charge in [-0.15, -0.1) is 0 Å². The van der Waals surface area contributed by atoms with Gasteiger partial charge in [-0.1, -0.05) is 66.2 Å². The first-order chi connectivity index (χ1) is 15.3. The fourth-order valence-electron chi connectivity index (χ4n) is 3.91. The minimum absolute atomic E-state index is 0.00618. The van der Waals surface area contributed by atoms with Crippen LogP contribution in [0, 0.1) is 6.92 Å². The van der Waals surface area contributed by atoms with Crippen molar-refractivity contribution < 1.29 is 18.3 Å². The lowest BCUT2D eigenvalue weighted by Gasteiger charge is -2.30. The number of carboxylic acid groups (broad SMARTS) is 1. The van der Waals surface area contributed by atoms with Gasteiger partial charge in [-0.05, 0) is 36.2 Å². The van der Waals surface area contributed by atoms with Crippen LogP contribution in [0.25, 0.3) is 10.9 Å². The molecule has 1 aromatic heterocycles. The number of hydrogen-bond donors (Lipinski definition) is 3. The maximum atomic E-state index is 13.3. The SMILES string of the molecule is Cc1ccc(S(=O)(=O)NC(Cc2ccccc2)(Cc2c[nH]c3ccccc23)C(=O)O)cc1. The second-order valence-electron chi connectivity index (χ2n) is 8.00. The Hall–Kier alpha value is -3.42. The van der Waals surface area contributed by atoms with Crippen molar-refractivity contribution in [2.75, 3.05) is 0 Å². The fourth-order valence-corrected chi connectivity index (χ4v) is 5.27. The van der Waals surface area contributed by atoms with Crippen LogP contribution in [0.2, 0.25) is 0 Å². The molecule has 7 heteroatoms. The van der Waals surface area contributed by atoms with E-state index >= 15 is 0 Å². The smallest absolute Gasteiger partial charge is 0.325 e. The van der Waals surface area contributed by atoms with Gasteiger partial charge in [0.25, 0.3) is 0 Å². The number of aromatic amines is 1. The molecule has 0 saturated carbocycles. The molecule has 3 N–H and O–H groups in total. The summed E-state index contributed by atoms with van der Waals surface area (Å²) in [5, 5.41) is 11.2. The number of carbonyl (C=O) groups is 1. The molecule has 4 rings (SSSR count). The normalized spacial score (nSPS) is 13.7. The van der Waals surface area contributed by atoms with Crippen LogP contribution < -0.4 is 4.72 Å². The highest BCUT2D eigenvalue weighted by molar-refractivity contribution is 7.89. The summed E-state index contributed by atoms with van der Waals surface area (Å²) in [7, 11) is -4.10. The minimum atomic E-state index is -4.10. The molecule has 1 atom stereocenters. The third-order valence-corrected chi connectivity index (χ3v) is 7.14. The molecular formula is C25H24N2O4S. The fraction of sp³-hybridized carbons (Fsp3) is 0.160. The van der Waals surface area contributed by atoms with Crippen LogP contribution >= 0.6 is 0 Å². The molecular weight excluding hydrogens is 424 g/mol. The van der Waals surface area contributed by atoms with Gasteiger partial charge in [-0.3, -0.25) is 4.79 Å². The quantitative estimate of drug-likeness (QED) is 0.378. The van der Waals surface area contributed by atoms with Crippen LogP contribution in [-0.4, -0.2) is 30.0 Å². The molecule has 0 fully saturated rings. The van der Waals surface area contributed by atoms with E-state index in [-0.39, 0.29) is 17.7 Å². The van der Waals surface area contributed by atoms with Gasteiger partial charge in [0.2, 0.25) is 10.0 Å². The number of fused-ring (bicyclic) bond motifs is 1. The van der Waals surface area contributed by atoms with Crippen LogP contribution in [-0.2, 0) is 27.7 Å². The molecule has 0 amide bonds. The Morgan fingerprint density at radius 3 is 2.28 bits per heavy atom. The summed E-state index contributed by atoms with van der Waals surface area (Å²) in [4.78, 5) is 15.9. The number of aryl methyl sites for hydroxylation is 1. The average molecular weight is 449 g/mol. The Morgan fingerprint density at radius 1 is 0.938 bits per heavy atom. The highest BCUT2D eigenvalue weighted by Crippen LogP contribution is 2.27. The Labute approximate surface area is 187 Å². The Balaban J connectivity index is 1.80. The number of carboxylic acids is 1. The van der Waals surface area contributed by atoms with Gasteiger partial charge >= 0.3 is 5.97 Å². The first-order valence-corrected chi connectivity index (χ1v) is 11.7. The van der Waals surface area contributed by atoms with E-state index in [1.807, 2.05) is 49.4 Å². The van der Waals surface area contributed by atoms with E-state index in [0.29, 0.717) is 0 Å². The standard InChI is InChI=1S/C25H24N2O4S/c1-18-11-13-21(14-12-18)32(30,31)27-25(24(28)29,15-19-7-3-2-4-8-19)16-20-17-26-23-10-6-5-9-22(20)23/h2-14,17,26-27H,15-16H2,1H3,(H,28,29). The molecule has 6 nitrogen and oxygen atoms in total. The zero-order valence-corrected chi connectivity index (χ0v) is 18.4.